The van der Waals surface area contributed by atoms with E-state index in [0.717, 1.165) is 52.3 Å². The predicted molar refractivity (Wildman–Crippen MR) is 181 cm³/mol. The number of aryl methyl sites for hydroxylation is 1. The molecule has 0 spiro atoms. The van der Waals surface area contributed by atoms with Gasteiger partial charge in [0.05, 0.1) is 23.5 Å². The molecule has 4 nitrogen and oxygen atoms in total. The first-order chi connectivity index (χ1) is 21.7. The van der Waals surface area contributed by atoms with E-state index < -0.39 is 0 Å². The van der Waals surface area contributed by atoms with E-state index in [9.17, 15) is 0 Å². The number of rotatable bonds is 6. The van der Waals surface area contributed by atoms with Crippen LogP contribution >= 0.6 is 0 Å². The summed E-state index contributed by atoms with van der Waals surface area (Å²) in [7, 11) is 1.76. The van der Waals surface area contributed by atoms with Crippen LogP contribution in [0.2, 0.25) is 0 Å². The molecule has 8 aromatic rings. The Balaban J connectivity index is 1.47. The number of para-hydroxylation sites is 3. The average molecular weight is 571 g/mol. The third kappa shape index (κ3) is 4.14. The number of pyridine rings is 1. The summed E-state index contributed by atoms with van der Waals surface area (Å²) in [5, 5.41) is 6.03. The standard InChI is InChI=1S/C40H32N3O/c1-3-23-42-24-11-16-33-32(21-22-37(44-2)39(33)42)38-31-15-8-7-12-27(31)25-28-19-20-29(26-34(28)38)40-41-35-17-9-10-18-36(35)43(40)30-13-5-4-6-14-30/h4-22,24-26H,3,23H2,1-2H3/q+1. The van der Waals surface area contributed by atoms with E-state index in [4.69, 9.17) is 9.72 Å². The van der Waals surface area contributed by atoms with E-state index in [-0.39, 0.29) is 0 Å². The van der Waals surface area contributed by atoms with Gasteiger partial charge in [0.2, 0.25) is 0 Å². The number of fused-ring (bicyclic) bond motifs is 4. The lowest BCUT2D eigenvalue weighted by molar-refractivity contribution is -0.671. The predicted octanol–water partition coefficient (Wildman–Crippen LogP) is 9.53. The van der Waals surface area contributed by atoms with Crippen molar-refractivity contribution in [1.82, 2.24) is 9.55 Å². The topological polar surface area (TPSA) is 30.9 Å². The Hall–Kier alpha value is -5.48. The van der Waals surface area contributed by atoms with Crippen molar-refractivity contribution in [1.29, 1.82) is 0 Å². The molecule has 0 aliphatic rings. The van der Waals surface area contributed by atoms with Crippen molar-refractivity contribution in [2.24, 2.45) is 0 Å². The second-order valence-corrected chi connectivity index (χ2v) is 11.3. The molecule has 212 valence electrons. The first-order valence-corrected chi connectivity index (χ1v) is 15.2. The van der Waals surface area contributed by atoms with Crippen molar-refractivity contribution >= 4 is 43.5 Å². The molecule has 0 unspecified atom stereocenters. The van der Waals surface area contributed by atoms with Crippen LogP contribution in [-0.2, 0) is 6.54 Å². The molecule has 0 aliphatic heterocycles. The van der Waals surface area contributed by atoms with Crippen molar-refractivity contribution in [2.75, 3.05) is 7.11 Å². The quantitative estimate of drug-likeness (QED) is 0.147. The summed E-state index contributed by atoms with van der Waals surface area (Å²) in [6.45, 7) is 3.14. The number of hydrogen-bond donors (Lipinski definition) is 0. The fourth-order valence-electron chi connectivity index (χ4n) is 6.73. The van der Waals surface area contributed by atoms with Gasteiger partial charge in [-0.05, 0) is 87.3 Å². The molecule has 0 bridgehead atoms. The summed E-state index contributed by atoms with van der Waals surface area (Å²) in [6, 6.07) is 45.4. The van der Waals surface area contributed by atoms with Crippen LogP contribution in [0.4, 0.5) is 0 Å². The van der Waals surface area contributed by atoms with Gasteiger partial charge in [0.1, 0.15) is 12.4 Å². The van der Waals surface area contributed by atoms with E-state index in [0.29, 0.717) is 0 Å². The van der Waals surface area contributed by atoms with E-state index in [1.165, 1.54) is 38.1 Å². The Bertz CT molecular complexity index is 2340. The van der Waals surface area contributed by atoms with Crippen LogP contribution in [0.5, 0.6) is 5.75 Å². The van der Waals surface area contributed by atoms with E-state index in [1.54, 1.807) is 7.11 Å². The fourth-order valence-corrected chi connectivity index (χ4v) is 6.73. The zero-order valence-corrected chi connectivity index (χ0v) is 24.9. The Morgan fingerprint density at radius 3 is 2.34 bits per heavy atom. The van der Waals surface area contributed by atoms with Gasteiger partial charge >= 0.3 is 0 Å². The lowest BCUT2D eigenvalue weighted by atomic mass is 9.89. The molecule has 2 heterocycles. The van der Waals surface area contributed by atoms with Crippen LogP contribution in [0.15, 0.2) is 134 Å². The normalized spacial score (nSPS) is 11.6. The minimum Gasteiger partial charge on any atom is -0.490 e. The minimum absolute atomic E-state index is 0.889. The van der Waals surface area contributed by atoms with Gasteiger partial charge in [0.25, 0.3) is 5.52 Å². The molecule has 0 aliphatic carbocycles. The lowest BCUT2D eigenvalue weighted by Crippen LogP contribution is -2.34. The smallest absolute Gasteiger partial charge is 0.255 e. The molecule has 0 amide bonds. The van der Waals surface area contributed by atoms with Gasteiger partial charge in [0.15, 0.2) is 11.9 Å². The highest BCUT2D eigenvalue weighted by molar-refractivity contribution is 6.17. The molecule has 0 radical (unpaired) electrons. The Kier molecular flexibility index (Phi) is 6.34. The number of hydrogen-bond acceptors (Lipinski definition) is 2. The van der Waals surface area contributed by atoms with Crippen molar-refractivity contribution < 1.29 is 9.30 Å². The summed E-state index contributed by atoms with van der Waals surface area (Å²) in [6.07, 6.45) is 3.20. The summed E-state index contributed by atoms with van der Waals surface area (Å²) >= 11 is 0. The third-order valence-electron chi connectivity index (χ3n) is 8.65. The fraction of sp³-hybridized carbons (Fsp3) is 0.100. The Morgan fingerprint density at radius 1 is 0.705 bits per heavy atom. The minimum atomic E-state index is 0.889. The molecule has 2 aromatic heterocycles. The number of nitrogens with zero attached hydrogens (tertiary/aromatic N) is 3. The average Bonchev–Trinajstić information content (AvgIpc) is 3.47. The van der Waals surface area contributed by atoms with Crippen molar-refractivity contribution in [3.8, 4) is 34.0 Å². The van der Waals surface area contributed by atoms with Crippen molar-refractivity contribution in [2.45, 2.75) is 19.9 Å². The molecule has 0 N–H and O–H groups in total. The summed E-state index contributed by atoms with van der Waals surface area (Å²) in [5.74, 6) is 1.82. The van der Waals surface area contributed by atoms with Gasteiger partial charge in [-0.25, -0.2) is 4.98 Å². The van der Waals surface area contributed by atoms with E-state index >= 15 is 0 Å². The second-order valence-electron chi connectivity index (χ2n) is 11.3. The van der Waals surface area contributed by atoms with E-state index in [1.807, 2.05) is 0 Å². The molecule has 0 fully saturated rings. The van der Waals surface area contributed by atoms with Crippen LogP contribution in [0, 0.1) is 0 Å². The van der Waals surface area contributed by atoms with Crippen molar-refractivity contribution in [3.05, 3.63) is 134 Å². The lowest BCUT2D eigenvalue weighted by Gasteiger charge is -2.16. The number of benzene rings is 6. The molecule has 4 heteroatoms. The van der Waals surface area contributed by atoms with Gasteiger partial charge in [-0.3, -0.25) is 4.57 Å². The molecule has 6 aromatic carbocycles. The van der Waals surface area contributed by atoms with Gasteiger partial charge < -0.3 is 4.74 Å². The highest BCUT2D eigenvalue weighted by atomic mass is 16.5. The third-order valence-corrected chi connectivity index (χ3v) is 8.65. The molecule has 0 atom stereocenters. The number of methoxy groups -OCH3 is 1. The number of ether oxygens (including phenoxy) is 1. The van der Waals surface area contributed by atoms with Gasteiger partial charge in [-0.1, -0.05) is 73.7 Å². The molecular weight excluding hydrogens is 538 g/mol. The zero-order valence-electron chi connectivity index (χ0n) is 24.9. The van der Waals surface area contributed by atoms with Gasteiger partial charge in [0, 0.05) is 23.7 Å². The molecular formula is C40H32N3O+. The summed E-state index contributed by atoms with van der Waals surface area (Å²) < 4.78 is 10.5. The Morgan fingerprint density at radius 2 is 1.48 bits per heavy atom. The maximum atomic E-state index is 5.91. The maximum Gasteiger partial charge on any atom is 0.255 e. The summed E-state index contributed by atoms with van der Waals surface area (Å²) in [4.78, 5) is 5.18. The first kappa shape index (κ1) is 26.2. The van der Waals surface area contributed by atoms with Gasteiger partial charge in [-0.2, -0.15) is 4.57 Å². The monoisotopic (exact) mass is 570 g/mol. The van der Waals surface area contributed by atoms with Crippen molar-refractivity contribution in [3.63, 3.8) is 0 Å². The first-order valence-electron chi connectivity index (χ1n) is 15.2. The zero-order chi connectivity index (χ0) is 29.6. The largest absolute Gasteiger partial charge is 0.490 e. The molecule has 44 heavy (non-hydrogen) atoms. The maximum absolute atomic E-state index is 5.91. The highest BCUT2D eigenvalue weighted by Crippen LogP contribution is 2.42. The summed E-state index contributed by atoms with van der Waals surface area (Å²) in [5.41, 5.74) is 7.79. The van der Waals surface area contributed by atoms with Crippen LogP contribution in [-0.4, -0.2) is 16.7 Å². The van der Waals surface area contributed by atoms with E-state index in [2.05, 4.69) is 150 Å². The molecule has 0 saturated heterocycles. The number of aromatic nitrogens is 3. The van der Waals surface area contributed by atoms with Crippen LogP contribution in [0.25, 0.3) is 71.7 Å². The van der Waals surface area contributed by atoms with Crippen LogP contribution in [0.3, 0.4) is 0 Å². The molecule has 8 rings (SSSR count). The van der Waals surface area contributed by atoms with Crippen LogP contribution in [0.1, 0.15) is 13.3 Å². The Labute approximate surface area is 256 Å². The highest BCUT2D eigenvalue weighted by Gasteiger charge is 2.22. The second kappa shape index (κ2) is 10.7. The van der Waals surface area contributed by atoms with Crippen LogP contribution < -0.4 is 9.30 Å². The molecule has 0 saturated carbocycles. The van der Waals surface area contributed by atoms with Gasteiger partial charge in [-0.15, -0.1) is 0 Å². The number of imidazole rings is 1. The SMILES string of the molecule is CCC[n+]1cccc2c(-c3c4ccccc4cc4ccc(-c5nc6ccccc6n5-c5ccccc5)cc34)ccc(OC)c21.